The molecule has 1 fully saturated rings. The molecule has 0 bridgehead atoms. The molecule has 1 N–H and O–H groups in total. The van der Waals surface area contributed by atoms with Gasteiger partial charge >= 0.3 is 6.09 Å². The quantitative estimate of drug-likeness (QED) is 0.624. The molecule has 1 aliphatic heterocycles. The van der Waals surface area contributed by atoms with Gasteiger partial charge in [-0.1, -0.05) is 6.07 Å². The van der Waals surface area contributed by atoms with Crippen LogP contribution in [0.15, 0.2) is 54.8 Å². The first-order chi connectivity index (χ1) is 12.5. The number of amides is 1. The maximum Gasteiger partial charge on any atom is 0.416 e. The van der Waals surface area contributed by atoms with Crippen LogP contribution < -0.4 is 10.2 Å². The molecule has 0 radical (unpaired) electrons. The highest BCUT2D eigenvalue weighted by Gasteiger charge is 2.32. The van der Waals surface area contributed by atoms with E-state index < -0.39 is 17.1 Å². The Labute approximate surface area is 149 Å². The fourth-order valence-corrected chi connectivity index (χ4v) is 2.46. The molecule has 134 valence electrons. The number of nitro groups is 1. The standard InChI is InChI=1S/C17H17N5O4/c1-12(22(24)25)7-19-10-15-11-21(17(23)26-15)16-5-4-14(9-20-16)13-3-2-6-18-8-13/h2-9,15,19H,10-11H2,1H3/b12-7+/t15-/m0/s1. The fraction of sp³-hybridized carbons (Fsp3) is 0.235. The van der Waals surface area contributed by atoms with Gasteiger partial charge < -0.3 is 10.1 Å². The lowest BCUT2D eigenvalue weighted by Crippen LogP contribution is -2.29. The number of carbonyl (C=O) groups excluding carboxylic acids is 1. The summed E-state index contributed by atoms with van der Waals surface area (Å²) in [4.78, 5) is 31.9. The molecule has 9 heteroatoms. The van der Waals surface area contributed by atoms with Crippen LogP contribution in [0, 0.1) is 10.1 Å². The summed E-state index contributed by atoms with van der Waals surface area (Å²) in [6, 6.07) is 7.38. The number of nitrogens with zero attached hydrogens (tertiary/aromatic N) is 4. The second-order valence-electron chi connectivity index (χ2n) is 5.71. The van der Waals surface area contributed by atoms with Crippen LogP contribution in [0.2, 0.25) is 0 Å². The number of anilines is 1. The summed E-state index contributed by atoms with van der Waals surface area (Å²) < 4.78 is 5.26. The third-order valence-corrected chi connectivity index (χ3v) is 3.84. The number of nitrogens with one attached hydrogen (secondary N) is 1. The lowest BCUT2D eigenvalue weighted by atomic mass is 10.1. The summed E-state index contributed by atoms with van der Waals surface area (Å²) in [5.74, 6) is 0.488. The third-order valence-electron chi connectivity index (χ3n) is 3.84. The highest BCUT2D eigenvalue weighted by molar-refractivity contribution is 5.88. The lowest BCUT2D eigenvalue weighted by molar-refractivity contribution is -0.424. The normalized spacial score (nSPS) is 17.1. The van der Waals surface area contributed by atoms with Crippen LogP contribution in [0.5, 0.6) is 0 Å². The van der Waals surface area contributed by atoms with E-state index in [4.69, 9.17) is 4.74 Å². The Morgan fingerprint density at radius 3 is 2.88 bits per heavy atom. The predicted molar refractivity (Wildman–Crippen MR) is 93.8 cm³/mol. The number of cyclic esters (lactones) is 1. The molecule has 2 aromatic rings. The molecule has 1 aliphatic rings. The Balaban J connectivity index is 1.62. The number of hydrogen-bond donors (Lipinski definition) is 1. The molecular formula is C17H17N5O4. The summed E-state index contributed by atoms with van der Waals surface area (Å²) >= 11 is 0. The number of carbonyl (C=O) groups is 1. The number of hydrogen-bond acceptors (Lipinski definition) is 7. The fourth-order valence-electron chi connectivity index (χ4n) is 2.46. The molecule has 0 aromatic carbocycles. The molecule has 26 heavy (non-hydrogen) atoms. The topological polar surface area (TPSA) is 110 Å². The summed E-state index contributed by atoms with van der Waals surface area (Å²) in [7, 11) is 0. The van der Waals surface area contributed by atoms with Crippen LogP contribution >= 0.6 is 0 Å². The van der Waals surface area contributed by atoms with Gasteiger partial charge in [-0.25, -0.2) is 9.78 Å². The number of aromatic nitrogens is 2. The highest BCUT2D eigenvalue weighted by atomic mass is 16.6. The van der Waals surface area contributed by atoms with E-state index in [1.807, 2.05) is 18.2 Å². The van der Waals surface area contributed by atoms with Gasteiger partial charge in [0.05, 0.1) is 24.2 Å². The number of pyridine rings is 2. The van der Waals surface area contributed by atoms with Crippen molar-refractivity contribution < 1.29 is 14.5 Å². The second-order valence-corrected chi connectivity index (χ2v) is 5.71. The zero-order valence-electron chi connectivity index (χ0n) is 14.0. The Hall–Kier alpha value is -3.49. The average molecular weight is 355 g/mol. The van der Waals surface area contributed by atoms with Crippen molar-refractivity contribution in [3.05, 3.63) is 64.9 Å². The average Bonchev–Trinajstić information content (AvgIpc) is 3.03. The van der Waals surface area contributed by atoms with Crippen molar-refractivity contribution in [2.24, 2.45) is 0 Å². The van der Waals surface area contributed by atoms with Gasteiger partial charge in [-0.15, -0.1) is 0 Å². The lowest BCUT2D eigenvalue weighted by Gasteiger charge is -2.12. The Morgan fingerprint density at radius 1 is 1.42 bits per heavy atom. The second kappa shape index (κ2) is 7.60. The minimum atomic E-state index is -0.492. The van der Waals surface area contributed by atoms with Crippen LogP contribution in [-0.2, 0) is 4.74 Å². The zero-order valence-corrected chi connectivity index (χ0v) is 14.0. The molecule has 2 aromatic heterocycles. The van der Waals surface area contributed by atoms with E-state index in [9.17, 15) is 14.9 Å². The van der Waals surface area contributed by atoms with Crippen LogP contribution in [-0.4, -0.2) is 40.2 Å². The predicted octanol–water partition coefficient (Wildman–Crippen LogP) is 2.20. The maximum atomic E-state index is 12.0. The van der Waals surface area contributed by atoms with Crippen molar-refractivity contribution in [2.75, 3.05) is 18.0 Å². The van der Waals surface area contributed by atoms with E-state index in [1.165, 1.54) is 18.0 Å². The highest BCUT2D eigenvalue weighted by Crippen LogP contribution is 2.23. The van der Waals surface area contributed by atoms with Gasteiger partial charge in [-0.05, 0) is 18.2 Å². The van der Waals surface area contributed by atoms with E-state index in [0.717, 1.165) is 11.1 Å². The molecule has 3 heterocycles. The van der Waals surface area contributed by atoms with Gasteiger partial charge in [0.1, 0.15) is 11.9 Å². The molecule has 1 amide bonds. The minimum absolute atomic E-state index is 0.0150. The number of allylic oxidation sites excluding steroid dienone is 1. The monoisotopic (exact) mass is 355 g/mol. The van der Waals surface area contributed by atoms with Gasteiger partial charge in [0.25, 0.3) is 5.70 Å². The zero-order chi connectivity index (χ0) is 18.5. The Bertz CT molecular complexity index is 823. The molecule has 0 saturated carbocycles. The maximum absolute atomic E-state index is 12.0. The van der Waals surface area contributed by atoms with Gasteiger partial charge in [0.15, 0.2) is 0 Å². The van der Waals surface area contributed by atoms with E-state index in [2.05, 4.69) is 15.3 Å². The van der Waals surface area contributed by atoms with Crippen molar-refractivity contribution in [1.29, 1.82) is 0 Å². The summed E-state index contributed by atoms with van der Waals surface area (Å²) in [5.41, 5.74) is 1.82. The summed E-state index contributed by atoms with van der Waals surface area (Å²) in [6.45, 7) is 1.98. The smallest absolute Gasteiger partial charge is 0.416 e. The first kappa shape index (κ1) is 17.3. The SMILES string of the molecule is C/C(=C\NC[C@H]1CN(c2ccc(-c3cccnc3)cn2)C(=O)O1)[N+](=O)[O-]. The van der Waals surface area contributed by atoms with E-state index in [0.29, 0.717) is 12.4 Å². The molecule has 3 rings (SSSR count). The van der Waals surface area contributed by atoms with Gasteiger partial charge in [0, 0.05) is 36.6 Å². The van der Waals surface area contributed by atoms with Gasteiger partial charge in [-0.2, -0.15) is 0 Å². The van der Waals surface area contributed by atoms with E-state index in [1.54, 1.807) is 24.7 Å². The van der Waals surface area contributed by atoms with Crippen molar-refractivity contribution in [3.8, 4) is 11.1 Å². The van der Waals surface area contributed by atoms with E-state index in [-0.39, 0.29) is 12.2 Å². The molecule has 1 atom stereocenters. The molecule has 0 aliphatic carbocycles. The molecule has 0 spiro atoms. The number of ether oxygens (including phenoxy) is 1. The van der Waals surface area contributed by atoms with Crippen LogP contribution in [0.25, 0.3) is 11.1 Å². The van der Waals surface area contributed by atoms with Gasteiger partial charge in [0.2, 0.25) is 0 Å². The minimum Gasteiger partial charge on any atom is -0.442 e. The third kappa shape index (κ3) is 3.94. The summed E-state index contributed by atoms with van der Waals surface area (Å²) in [6.07, 6.45) is 5.49. The summed E-state index contributed by atoms with van der Waals surface area (Å²) in [5, 5.41) is 13.3. The van der Waals surface area contributed by atoms with Crippen molar-refractivity contribution in [3.63, 3.8) is 0 Å². The number of rotatable bonds is 6. The molecule has 9 nitrogen and oxygen atoms in total. The largest absolute Gasteiger partial charge is 0.442 e. The van der Waals surface area contributed by atoms with Crippen LogP contribution in [0.4, 0.5) is 10.6 Å². The molecular weight excluding hydrogens is 338 g/mol. The first-order valence-corrected chi connectivity index (χ1v) is 7.94. The Morgan fingerprint density at radius 2 is 2.23 bits per heavy atom. The van der Waals surface area contributed by atoms with Gasteiger partial charge in [-0.3, -0.25) is 20.0 Å². The van der Waals surface area contributed by atoms with Crippen molar-refractivity contribution in [1.82, 2.24) is 15.3 Å². The molecule has 0 unspecified atom stereocenters. The van der Waals surface area contributed by atoms with Crippen LogP contribution in [0.3, 0.4) is 0 Å². The Kier molecular flexibility index (Phi) is 5.07. The molecule has 1 saturated heterocycles. The van der Waals surface area contributed by atoms with Crippen molar-refractivity contribution in [2.45, 2.75) is 13.0 Å². The van der Waals surface area contributed by atoms with Crippen molar-refractivity contribution >= 4 is 11.9 Å². The van der Waals surface area contributed by atoms with Crippen LogP contribution in [0.1, 0.15) is 6.92 Å². The first-order valence-electron chi connectivity index (χ1n) is 7.94. The van der Waals surface area contributed by atoms with E-state index >= 15 is 0 Å².